The molecule has 0 aliphatic heterocycles. The monoisotopic (exact) mass is 218 g/mol. The first-order valence-corrected chi connectivity index (χ1v) is 5.77. The largest absolute Gasteiger partial charge is 0.381 e. The molecule has 0 radical (unpaired) electrons. The molecule has 1 aliphatic rings. The van der Waals surface area contributed by atoms with Gasteiger partial charge in [0.05, 0.1) is 0 Å². The van der Waals surface area contributed by atoms with Gasteiger partial charge in [0.1, 0.15) is 5.60 Å². The molecule has 0 unspecified atom stereocenters. The van der Waals surface area contributed by atoms with Crippen molar-refractivity contribution in [3.8, 4) is 0 Å². The summed E-state index contributed by atoms with van der Waals surface area (Å²) < 4.78 is 0. The molecule has 0 amide bonds. The summed E-state index contributed by atoms with van der Waals surface area (Å²) in [5, 5.41) is 10.6. The molecule has 0 saturated carbocycles. The van der Waals surface area contributed by atoms with Crippen molar-refractivity contribution in [2.45, 2.75) is 39.2 Å². The van der Waals surface area contributed by atoms with Crippen LogP contribution in [0.2, 0.25) is 0 Å². The van der Waals surface area contributed by atoms with Crippen LogP contribution >= 0.6 is 0 Å². The fourth-order valence-electron chi connectivity index (χ4n) is 2.69. The van der Waals surface area contributed by atoms with Gasteiger partial charge in [0.2, 0.25) is 0 Å². The van der Waals surface area contributed by atoms with Crippen LogP contribution in [0, 0.1) is 5.41 Å². The molecule has 0 saturated heterocycles. The highest BCUT2D eigenvalue weighted by Crippen LogP contribution is 2.44. The van der Waals surface area contributed by atoms with Gasteiger partial charge < -0.3 is 5.11 Å². The Bertz CT molecular complexity index is 434. The van der Waals surface area contributed by atoms with E-state index in [9.17, 15) is 9.90 Å². The SMILES string of the molecule is CC[C@]1(O)C(=O)c2ccccc2CC1(C)C. The van der Waals surface area contributed by atoms with Crippen molar-refractivity contribution >= 4 is 5.78 Å². The molecule has 2 rings (SSSR count). The van der Waals surface area contributed by atoms with Gasteiger partial charge in [0.25, 0.3) is 0 Å². The maximum Gasteiger partial charge on any atom is 0.195 e. The molecular formula is C14H18O2. The van der Waals surface area contributed by atoms with E-state index in [1.807, 2.05) is 45.0 Å². The van der Waals surface area contributed by atoms with E-state index in [1.165, 1.54) is 0 Å². The van der Waals surface area contributed by atoms with E-state index in [-0.39, 0.29) is 5.78 Å². The van der Waals surface area contributed by atoms with E-state index in [0.717, 1.165) is 12.0 Å². The van der Waals surface area contributed by atoms with Crippen molar-refractivity contribution in [2.24, 2.45) is 5.41 Å². The van der Waals surface area contributed by atoms with Gasteiger partial charge in [-0.25, -0.2) is 0 Å². The molecule has 1 aromatic rings. The number of aliphatic hydroxyl groups is 1. The Morgan fingerprint density at radius 1 is 1.31 bits per heavy atom. The van der Waals surface area contributed by atoms with Crippen molar-refractivity contribution in [1.29, 1.82) is 0 Å². The smallest absolute Gasteiger partial charge is 0.195 e. The minimum atomic E-state index is -1.22. The van der Waals surface area contributed by atoms with Crippen LogP contribution in [0.4, 0.5) is 0 Å². The Balaban J connectivity index is 2.61. The Labute approximate surface area is 96.3 Å². The molecule has 0 heterocycles. The fraction of sp³-hybridized carbons (Fsp3) is 0.500. The normalized spacial score (nSPS) is 27.6. The van der Waals surface area contributed by atoms with E-state index in [2.05, 4.69) is 0 Å². The highest BCUT2D eigenvalue weighted by molar-refractivity contribution is 6.05. The second-order valence-corrected chi connectivity index (χ2v) is 5.26. The Kier molecular flexibility index (Phi) is 2.43. The molecule has 0 spiro atoms. The summed E-state index contributed by atoms with van der Waals surface area (Å²) in [6.45, 7) is 5.79. The Morgan fingerprint density at radius 2 is 1.94 bits per heavy atom. The van der Waals surface area contributed by atoms with E-state index < -0.39 is 11.0 Å². The zero-order valence-electron chi connectivity index (χ0n) is 10.1. The van der Waals surface area contributed by atoms with Crippen LogP contribution in [0.5, 0.6) is 0 Å². The molecule has 0 fully saturated rings. The number of hydrogen-bond donors (Lipinski definition) is 1. The first kappa shape index (κ1) is 11.3. The molecule has 0 aromatic heterocycles. The molecule has 2 heteroatoms. The van der Waals surface area contributed by atoms with Gasteiger partial charge in [-0.2, -0.15) is 0 Å². The summed E-state index contributed by atoms with van der Waals surface area (Å²) in [6, 6.07) is 7.58. The average molecular weight is 218 g/mol. The quantitative estimate of drug-likeness (QED) is 0.786. The Morgan fingerprint density at radius 3 is 2.56 bits per heavy atom. The molecule has 1 atom stereocenters. The highest BCUT2D eigenvalue weighted by Gasteiger charge is 2.51. The minimum absolute atomic E-state index is 0.123. The summed E-state index contributed by atoms with van der Waals surface area (Å²) in [4.78, 5) is 12.3. The number of carbonyl (C=O) groups is 1. The van der Waals surface area contributed by atoms with Crippen LogP contribution in [-0.4, -0.2) is 16.5 Å². The van der Waals surface area contributed by atoms with Gasteiger partial charge >= 0.3 is 0 Å². The molecule has 0 bridgehead atoms. The predicted molar refractivity (Wildman–Crippen MR) is 63.5 cm³/mol. The molecule has 1 N–H and O–H groups in total. The van der Waals surface area contributed by atoms with E-state index >= 15 is 0 Å². The maximum atomic E-state index is 12.3. The predicted octanol–water partition coefficient (Wildman–Crippen LogP) is 2.59. The molecule has 2 nitrogen and oxygen atoms in total. The van der Waals surface area contributed by atoms with Crippen molar-refractivity contribution in [2.75, 3.05) is 0 Å². The average Bonchev–Trinajstić information content (AvgIpc) is 2.25. The highest BCUT2D eigenvalue weighted by atomic mass is 16.3. The third-order valence-corrected chi connectivity index (χ3v) is 3.90. The summed E-state index contributed by atoms with van der Waals surface area (Å²) in [5.74, 6) is -0.123. The molecule has 16 heavy (non-hydrogen) atoms. The third-order valence-electron chi connectivity index (χ3n) is 3.90. The van der Waals surface area contributed by atoms with Crippen LogP contribution in [0.3, 0.4) is 0 Å². The number of fused-ring (bicyclic) bond motifs is 1. The second kappa shape index (κ2) is 3.42. The number of benzene rings is 1. The van der Waals surface area contributed by atoms with Crippen LogP contribution in [0.25, 0.3) is 0 Å². The lowest BCUT2D eigenvalue weighted by Gasteiger charge is -2.45. The van der Waals surface area contributed by atoms with Gasteiger partial charge in [-0.15, -0.1) is 0 Å². The number of hydrogen-bond acceptors (Lipinski definition) is 2. The molecule has 1 aliphatic carbocycles. The van der Waals surface area contributed by atoms with Crippen molar-refractivity contribution in [3.05, 3.63) is 35.4 Å². The third kappa shape index (κ3) is 1.33. The standard InChI is InChI=1S/C14H18O2/c1-4-14(16)12(15)11-8-6-5-7-10(11)9-13(14,2)3/h5-8,16H,4,9H2,1-3H3/t14-/m0/s1. The van der Waals surface area contributed by atoms with E-state index in [4.69, 9.17) is 0 Å². The van der Waals surface area contributed by atoms with Crippen LogP contribution in [0.1, 0.15) is 43.1 Å². The Hall–Kier alpha value is -1.15. The minimum Gasteiger partial charge on any atom is -0.381 e. The van der Waals surface area contributed by atoms with Crippen LogP contribution in [-0.2, 0) is 6.42 Å². The summed E-state index contributed by atoms with van der Waals surface area (Å²) >= 11 is 0. The van der Waals surface area contributed by atoms with Gasteiger partial charge in [-0.05, 0) is 18.4 Å². The van der Waals surface area contributed by atoms with E-state index in [0.29, 0.717) is 12.0 Å². The lowest BCUT2D eigenvalue weighted by molar-refractivity contribution is -0.0474. The molecular weight excluding hydrogens is 200 g/mol. The number of rotatable bonds is 1. The van der Waals surface area contributed by atoms with E-state index in [1.54, 1.807) is 0 Å². The topological polar surface area (TPSA) is 37.3 Å². The summed E-state index contributed by atoms with van der Waals surface area (Å²) in [7, 11) is 0. The van der Waals surface area contributed by atoms with Crippen molar-refractivity contribution < 1.29 is 9.90 Å². The summed E-state index contributed by atoms with van der Waals surface area (Å²) in [6.07, 6.45) is 1.21. The van der Waals surface area contributed by atoms with Gasteiger partial charge in [0.15, 0.2) is 5.78 Å². The van der Waals surface area contributed by atoms with Gasteiger partial charge in [0, 0.05) is 11.0 Å². The zero-order valence-corrected chi connectivity index (χ0v) is 10.1. The first-order chi connectivity index (χ1) is 7.42. The lowest BCUT2D eigenvalue weighted by Crippen LogP contribution is -2.55. The molecule has 1 aromatic carbocycles. The van der Waals surface area contributed by atoms with Gasteiger partial charge in [-0.3, -0.25) is 4.79 Å². The first-order valence-electron chi connectivity index (χ1n) is 5.77. The van der Waals surface area contributed by atoms with Gasteiger partial charge in [-0.1, -0.05) is 45.0 Å². The number of carbonyl (C=O) groups excluding carboxylic acids is 1. The number of ketones is 1. The number of Topliss-reactive ketones (excluding diaryl/α,β-unsaturated/α-hetero) is 1. The van der Waals surface area contributed by atoms with Crippen LogP contribution < -0.4 is 0 Å². The van der Waals surface area contributed by atoms with Crippen molar-refractivity contribution in [1.82, 2.24) is 0 Å². The second-order valence-electron chi connectivity index (χ2n) is 5.26. The zero-order chi connectivity index (χ0) is 12.0. The maximum absolute atomic E-state index is 12.3. The lowest BCUT2D eigenvalue weighted by atomic mass is 9.62. The van der Waals surface area contributed by atoms with Crippen LogP contribution in [0.15, 0.2) is 24.3 Å². The van der Waals surface area contributed by atoms with Crippen molar-refractivity contribution in [3.63, 3.8) is 0 Å². The fourth-order valence-corrected chi connectivity index (χ4v) is 2.69. The summed E-state index contributed by atoms with van der Waals surface area (Å²) in [5.41, 5.74) is 0.121. The molecule has 86 valence electrons.